The van der Waals surface area contributed by atoms with Crippen molar-refractivity contribution in [2.45, 2.75) is 45.5 Å². The molecule has 3 aliphatic rings. The average molecular weight is 611 g/mol. The van der Waals surface area contributed by atoms with Crippen molar-refractivity contribution in [3.05, 3.63) is 78.5 Å². The number of hydrogen-bond donors (Lipinski definition) is 1. The molecule has 2 saturated heterocycles. The van der Waals surface area contributed by atoms with Crippen LogP contribution in [0.5, 0.6) is 5.75 Å². The van der Waals surface area contributed by atoms with Crippen molar-refractivity contribution in [1.29, 1.82) is 0 Å². The van der Waals surface area contributed by atoms with Gasteiger partial charge in [0.15, 0.2) is 0 Å². The van der Waals surface area contributed by atoms with Crippen LogP contribution in [0.4, 0.5) is 27.9 Å². The molecule has 11 nitrogen and oxygen atoms in total. The van der Waals surface area contributed by atoms with Gasteiger partial charge in [-0.05, 0) is 51.1 Å². The molecule has 4 heterocycles. The van der Waals surface area contributed by atoms with Gasteiger partial charge < -0.3 is 29.7 Å². The fraction of sp³-hybridized carbons (Fsp3) is 0.412. The molecule has 3 aromatic rings. The highest BCUT2D eigenvalue weighted by Gasteiger charge is 2.40. The molecular formula is C34H42N8O3. The summed E-state index contributed by atoms with van der Waals surface area (Å²) in [7, 11) is 2.15. The van der Waals surface area contributed by atoms with E-state index >= 15 is 0 Å². The Kier molecular flexibility index (Phi) is 8.88. The lowest BCUT2D eigenvalue weighted by Gasteiger charge is -2.39. The zero-order valence-corrected chi connectivity index (χ0v) is 26.4. The van der Waals surface area contributed by atoms with Crippen molar-refractivity contribution in [3.8, 4) is 5.75 Å². The first-order valence-electron chi connectivity index (χ1n) is 15.7. The highest BCUT2D eigenvalue weighted by atomic mass is 16.5. The Morgan fingerprint density at radius 2 is 1.89 bits per heavy atom. The number of likely N-dealkylation sites (tertiary alicyclic amines) is 1. The maximum absolute atomic E-state index is 14.1. The van der Waals surface area contributed by atoms with Gasteiger partial charge in [0.25, 0.3) is 0 Å². The number of ether oxygens (including phenoxy) is 1. The summed E-state index contributed by atoms with van der Waals surface area (Å²) < 4.78 is 6.25. The Labute approximate surface area is 265 Å². The predicted octanol–water partition coefficient (Wildman–Crippen LogP) is 4.49. The van der Waals surface area contributed by atoms with Gasteiger partial charge in [-0.1, -0.05) is 36.9 Å². The van der Waals surface area contributed by atoms with Crippen molar-refractivity contribution in [2.24, 2.45) is 0 Å². The largest absolute Gasteiger partial charge is 0.489 e. The Morgan fingerprint density at radius 1 is 1.11 bits per heavy atom. The quantitative estimate of drug-likeness (QED) is 0.354. The summed E-state index contributed by atoms with van der Waals surface area (Å²) in [6.45, 7) is 13.4. The van der Waals surface area contributed by atoms with E-state index in [1.165, 1.54) is 6.08 Å². The fourth-order valence-corrected chi connectivity index (χ4v) is 6.18. The second kappa shape index (κ2) is 13.2. The van der Waals surface area contributed by atoms with E-state index in [0.717, 1.165) is 54.4 Å². The van der Waals surface area contributed by atoms with Crippen LogP contribution in [0, 0.1) is 0 Å². The summed E-state index contributed by atoms with van der Waals surface area (Å²) in [5.41, 5.74) is 3.77. The lowest BCUT2D eigenvalue weighted by atomic mass is 10.1. The molecule has 0 bridgehead atoms. The van der Waals surface area contributed by atoms with E-state index in [2.05, 4.69) is 45.9 Å². The molecule has 1 unspecified atom stereocenters. The molecule has 45 heavy (non-hydrogen) atoms. The Balaban J connectivity index is 1.30. The van der Waals surface area contributed by atoms with Gasteiger partial charge in [-0.15, -0.1) is 0 Å². The van der Waals surface area contributed by atoms with Crippen molar-refractivity contribution >= 4 is 35.1 Å². The Bertz CT molecular complexity index is 1540. The molecule has 0 spiro atoms. The van der Waals surface area contributed by atoms with Gasteiger partial charge in [-0.3, -0.25) is 9.69 Å². The van der Waals surface area contributed by atoms with Gasteiger partial charge in [0.05, 0.1) is 24.4 Å². The molecule has 0 aliphatic carbocycles. The molecule has 11 heteroatoms. The first kappa shape index (κ1) is 30.4. The van der Waals surface area contributed by atoms with Crippen LogP contribution in [0.15, 0.2) is 67.4 Å². The molecule has 3 amide bonds. The van der Waals surface area contributed by atoms with Crippen molar-refractivity contribution in [3.63, 3.8) is 0 Å². The summed E-state index contributed by atoms with van der Waals surface area (Å²) in [4.78, 5) is 46.1. The standard InChI is InChI=1S/C34H42N8O3/c1-5-31(43)40-14-13-28(23-40)42-32-26(22-41(34(42)44)21-25-9-7-6-8-10-25)20-35-33(37-32)36-29-12-11-27(19-30(29)45-24(2)3)39-17-15-38(4)16-18-39/h5-12,19-20,24,28H,1,13-18,21-23H2,2-4H3,(H,35,36,37). The lowest BCUT2D eigenvalue weighted by Crippen LogP contribution is -2.52. The number of urea groups is 1. The van der Waals surface area contributed by atoms with Crippen LogP contribution >= 0.6 is 0 Å². The predicted molar refractivity (Wildman–Crippen MR) is 176 cm³/mol. The maximum Gasteiger partial charge on any atom is 0.326 e. The molecular weight excluding hydrogens is 568 g/mol. The molecule has 0 saturated carbocycles. The number of nitrogens with one attached hydrogen (secondary N) is 1. The van der Waals surface area contributed by atoms with Crippen molar-refractivity contribution in [2.75, 3.05) is 61.4 Å². The van der Waals surface area contributed by atoms with Gasteiger partial charge >= 0.3 is 6.03 Å². The number of aromatic nitrogens is 2. The third-order valence-corrected chi connectivity index (χ3v) is 8.58. The minimum atomic E-state index is -0.218. The summed E-state index contributed by atoms with van der Waals surface area (Å²) >= 11 is 0. The molecule has 1 aromatic heterocycles. The first-order valence-corrected chi connectivity index (χ1v) is 15.7. The number of carbonyl (C=O) groups excluding carboxylic acids is 2. The lowest BCUT2D eigenvalue weighted by molar-refractivity contribution is -0.125. The molecule has 0 radical (unpaired) electrons. The topological polar surface area (TPSA) is 97.4 Å². The molecule has 6 rings (SSSR count). The SMILES string of the molecule is C=CC(=O)N1CCC(N2C(=O)N(Cc3ccccc3)Cc3cnc(Nc4ccc(N5CCN(C)CC5)cc4OC(C)C)nc32)C1. The normalized spacial score (nSPS) is 18.8. The minimum absolute atomic E-state index is 0.0231. The number of hydrogen-bond acceptors (Lipinski definition) is 8. The van der Waals surface area contributed by atoms with Gasteiger partial charge in [0.2, 0.25) is 11.9 Å². The number of carbonyl (C=O) groups is 2. The maximum atomic E-state index is 14.1. The molecule has 1 N–H and O–H groups in total. The third kappa shape index (κ3) is 6.73. The number of fused-ring (bicyclic) bond motifs is 1. The van der Waals surface area contributed by atoms with E-state index in [1.807, 2.05) is 55.1 Å². The van der Waals surface area contributed by atoms with E-state index in [4.69, 9.17) is 9.72 Å². The minimum Gasteiger partial charge on any atom is -0.489 e. The number of nitrogens with zero attached hydrogens (tertiary/aromatic N) is 7. The van der Waals surface area contributed by atoms with Gasteiger partial charge in [0, 0.05) is 69.3 Å². The monoisotopic (exact) mass is 610 g/mol. The second-order valence-corrected chi connectivity index (χ2v) is 12.2. The zero-order valence-electron chi connectivity index (χ0n) is 26.4. The van der Waals surface area contributed by atoms with Crippen molar-refractivity contribution in [1.82, 2.24) is 24.7 Å². The summed E-state index contributed by atoms with van der Waals surface area (Å²) in [5, 5.41) is 3.38. The highest BCUT2D eigenvalue weighted by molar-refractivity contribution is 5.95. The van der Waals surface area contributed by atoms with Crippen LogP contribution in [-0.4, -0.2) is 95.1 Å². The second-order valence-electron chi connectivity index (χ2n) is 12.2. The number of rotatable bonds is 9. The molecule has 3 aliphatic heterocycles. The van der Waals surface area contributed by atoms with Gasteiger partial charge in [-0.25, -0.2) is 9.78 Å². The third-order valence-electron chi connectivity index (χ3n) is 8.58. The summed E-state index contributed by atoms with van der Waals surface area (Å²) in [6, 6.07) is 15.8. The summed E-state index contributed by atoms with van der Waals surface area (Å²) in [5.74, 6) is 1.53. The molecule has 2 aromatic carbocycles. The van der Waals surface area contributed by atoms with E-state index in [-0.39, 0.29) is 24.1 Å². The highest BCUT2D eigenvalue weighted by Crippen LogP contribution is 2.36. The van der Waals surface area contributed by atoms with E-state index in [9.17, 15) is 9.59 Å². The zero-order chi connectivity index (χ0) is 31.5. The van der Waals surface area contributed by atoms with E-state index in [0.29, 0.717) is 44.4 Å². The number of benzene rings is 2. The first-order chi connectivity index (χ1) is 21.8. The fourth-order valence-electron chi connectivity index (χ4n) is 6.18. The van der Waals surface area contributed by atoms with Crippen LogP contribution in [0.2, 0.25) is 0 Å². The van der Waals surface area contributed by atoms with Crippen LogP contribution in [0.1, 0.15) is 31.4 Å². The van der Waals surface area contributed by atoms with Crippen LogP contribution < -0.4 is 19.9 Å². The van der Waals surface area contributed by atoms with E-state index in [1.54, 1.807) is 16.0 Å². The van der Waals surface area contributed by atoms with Crippen LogP contribution in [-0.2, 0) is 17.9 Å². The van der Waals surface area contributed by atoms with E-state index < -0.39 is 0 Å². The number of likely N-dealkylation sites (N-methyl/N-ethyl adjacent to an activating group) is 1. The molecule has 2 fully saturated rings. The van der Waals surface area contributed by atoms with Gasteiger partial charge in [-0.2, -0.15) is 4.98 Å². The van der Waals surface area contributed by atoms with Gasteiger partial charge in [0.1, 0.15) is 11.6 Å². The Morgan fingerprint density at radius 3 is 2.62 bits per heavy atom. The van der Waals surface area contributed by atoms with Crippen LogP contribution in [0.25, 0.3) is 0 Å². The smallest absolute Gasteiger partial charge is 0.326 e. The average Bonchev–Trinajstić information content (AvgIpc) is 3.52. The molecule has 1 atom stereocenters. The van der Waals surface area contributed by atoms with Crippen molar-refractivity contribution < 1.29 is 14.3 Å². The Hall–Kier alpha value is -4.64. The molecule has 236 valence electrons. The number of amides is 3. The van der Waals surface area contributed by atoms with Crippen LogP contribution in [0.3, 0.4) is 0 Å². The number of anilines is 4. The number of piperazine rings is 1. The summed E-state index contributed by atoms with van der Waals surface area (Å²) in [6.07, 6.45) is 3.75.